The minimum absolute atomic E-state index is 0.0375. The molecule has 3 aromatic rings. The van der Waals surface area contributed by atoms with Gasteiger partial charge in [0.05, 0.1) is 35.4 Å². The van der Waals surface area contributed by atoms with Crippen LogP contribution in [-0.4, -0.2) is 51.7 Å². The van der Waals surface area contributed by atoms with Crippen LogP contribution < -0.4 is 9.47 Å². The van der Waals surface area contributed by atoms with Crippen LogP contribution in [0, 0.1) is 12.7 Å². The molecule has 36 heavy (non-hydrogen) atoms. The third-order valence-corrected chi connectivity index (χ3v) is 9.70. The summed E-state index contributed by atoms with van der Waals surface area (Å²) in [5.41, 5.74) is 3.40. The number of halogens is 1. The van der Waals surface area contributed by atoms with Crippen LogP contribution in [0.15, 0.2) is 36.9 Å². The smallest absolute Gasteiger partial charge is 0.166 e. The minimum atomic E-state index is -1.12. The van der Waals surface area contributed by atoms with Crippen molar-refractivity contribution in [2.75, 3.05) is 13.7 Å². The molecule has 1 spiro atoms. The van der Waals surface area contributed by atoms with Crippen molar-refractivity contribution in [3.05, 3.63) is 70.7 Å². The third kappa shape index (κ3) is 2.08. The molecule has 7 heteroatoms. The fourth-order valence-electron chi connectivity index (χ4n) is 8.46. The number of piperidine rings is 1. The van der Waals surface area contributed by atoms with Crippen molar-refractivity contribution in [1.82, 2.24) is 9.47 Å². The number of carbonyl (C=O) groups is 1. The van der Waals surface area contributed by atoms with E-state index < -0.39 is 22.9 Å². The molecule has 2 unspecified atom stereocenters. The number of benzene rings is 2. The number of methoxy groups -OCH3 is 1. The summed E-state index contributed by atoms with van der Waals surface area (Å²) in [6.45, 7) is 7.23. The second kappa shape index (κ2) is 6.39. The predicted octanol–water partition coefficient (Wildman–Crippen LogP) is 3.99. The highest BCUT2D eigenvalue weighted by Crippen LogP contribution is 2.73. The van der Waals surface area contributed by atoms with Gasteiger partial charge in [0.15, 0.2) is 23.4 Å². The Morgan fingerprint density at radius 2 is 2.19 bits per heavy atom. The lowest BCUT2D eigenvalue weighted by molar-refractivity contribution is -0.0861. The van der Waals surface area contributed by atoms with Gasteiger partial charge in [-0.2, -0.15) is 0 Å². The van der Waals surface area contributed by atoms with E-state index in [0.29, 0.717) is 43.0 Å². The lowest BCUT2D eigenvalue weighted by Gasteiger charge is -2.49. The number of fused-ring (bicyclic) bond motifs is 7. The van der Waals surface area contributed by atoms with Crippen LogP contribution in [0.25, 0.3) is 10.9 Å². The molecule has 2 aromatic carbocycles. The van der Waals surface area contributed by atoms with Gasteiger partial charge < -0.3 is 19.1 Å². The zero-order valence-corrected chi connectivity index (χ0v) is 20.3. The average Bonchev–Trinajstić information content (AvgIpc) is 3.13. The standard InChI is InChI=1S/C29H27FN2O4/c1-4-8-31-19-13-28-22-14(2)5-6-21(35-3)25(22)36-27(28)24-18(12-29(28,34)26(19)31)16-10-15(30)11-17-20(33)7-9-32(24)23(16)17/h4-6,10-11,19,26-27,34H,1,7-9,12-13H2,2-3H3/t19?,26-,27+,28+,29-,31?/m1/s1. The van der Waals surface area contributed by atoms with Gasteiger partial charge in [0, 0.05) is 48.5 Å². The predicted molar refractivity (Wildman–Crippen MR) is 131 cm³/mol. The molecule has 0 radical (unpaired) electrons. The van der Waals surface area contributed by atoms with Gasteiger partial charge in [-0.3, -0.25) is 9.69 Å². The van der Waals surface area contributed by atoms with Crippen LogP contribution in [0.3, 0.4) is 0 Å². The number of nitrogens with zero attached hydrogens (tertiary/aromatic N) is 2. The topological polar surface area (TPSA) is 63.7 Å². The Hall–Kier alpha value is -3.16. The van der Waals surface area contributed by atoms with Crippen LogP contribution in [0.4, 0.5) is 4.39 Å². The number of carbonyl (C=O) groups excluding carboxylic acids is 1. The molecule has 1 saturated heterocycles. The summed E-state index contributed by atoms with van der Waals surface area (Å²) in [6.07, 6.45) is 2.90. The zero-order chi connectivity index (χ0) is 24.7. The first-order valence-corrected chi connectivity index (χ1v) is 12.7. The van der Waals surface area contributed by atoms with E-state index in [0.717, 1.165) is 39.7 Å². The Morgan fingerprint density at radius 3 is 2.97 bits per heavy atom. The van der Waals surface area contributed by atoms with Crippen molar-refractivity contribution < 1.29 is 23.8 Å². The molecule has 0 amide bonds. The minimum Gasteiger partial charge on any atom is -0.493 e. The first-order chi connectivity index (χ1) is 17.4. The number of aryl methyl sites for hydroxylation is 2. The number of aliphatic hydroxyl groups is 1. The van der Waals surface area contributed by atoms with E-state index in [1.54, 1.807) is 7.11 Å². The SMILES string of the molecule is C=CCN1C2C[C@]34c5c(C)ccc(OC)c5O[C@H]3c3c(c5cc(F)cc6c5n3CCC6=O)C[C@@]4(O)[C@@H]21. The molecular weight excluding hydrogens is 459 g/mol. The first-order valence-electron chi connectivity index (χ1n) is 12.7. The number of likely N-dealkylation sites (tertiary alicyclic amines) is 1. The number of rotatable bonds is 3. The van der Waals surface area contributed by atoms with Crippen molar-refractivity contribution in [2.24, 2.45) is 0 Å². The number of aromatic nitrogens is 1. The van der Waals surface area contributed by atoms with E-state index >= 15 is 0 Å². The summed E-state index contributed by atoms with van der Waals surface area (Å²) in [7, 11) is 1.64. The summed E-state index contributed by atoms with van der Waals surface area (Å²) < 4.78 is 29.6. The van der Waals surface area contributed by atoms with Crippen LogP contribution in [0.1, 0.15) is 51.7 Å². The summed E-state index contributed by atoms with van der Waals surface area (Å²) in [4.78, 5) is 15.1. The van der Waals surface area contributed by atoms with Gasteiger partial charge in [-0.05, 0) is 42.7 Å². The number of ether oxygens (including phenoxy) is 2. The van der Waals surface area contributed by atoms with Gasteiger partial charge in [0.25, 0.3) is 0 Å². The van der Waals surface area contributed by atoms with E-state index in [2.05, 4.69) is 23.0 Å². The quantitative estimate of drug-likeness (QED) is 0.448. The van der Waals surface area contributed by atoms with Gasteiger partial charge in [0.2, 0.25) is 0 Å². The summed E-state index contributed by atoms with van der Waals surface area (Å²) in [6, 6.07) is 7.04. The monoisotopic (exact) mass is 486 g/mol. The lowest BCUT2D eigenvalue weighted by Crippen LogP contribution is -2.60. The molecule has 0 bridgehead atoms. The second-order valence-corrected chi connectivity index (χ2v) is 11.1. The molecule has 5 aliphatic rings. The van der Waals surface area contributed by atoms with E-state index in [1.807, 2.05) is 18.2 Å². The third-order valence-electron chi connectivity index (χ3n) is 9.70. The normalized spacial score (nSPS) is 34.4. The summed E-state index contributed by atoms with van der Waals surface area (Å²) in [5.74, 6) is 0.891. The van der Waals surface area contributed by atoms with E-state index in [-0.39, 0.29) is 17.9 Å². The molecule has 3 aliphatic heterocycles. The van der Waals surface area contributed by atoms with Gasteiger partial charge in [0.1, 0.15) is 5.82 Å². The van der Waals surface area contributed by atoms with Crippen LogP contribution >= 0.6 is 0 Å². The number of hydrogen-bond acceptors (Lipinski definition) is 5. The summed E-state index contributed by atoms with van der Waals surface area (Å²) >= 11 is 0. The molecule has 2 aliphatic carbocycles. The summed E-state index contributed by atoms with van der Waals surface area (Å²) in [5, 5.41) is 13.6. The van der Waals surface area contributed by atoms with Crippen molar-refractivity contribution in [1.29, 1.82) is 0 Å². The average molecular weight is 487 g/mol. The first kappa shape index (κ1) is 21.0. The van der Waals surface area contributed by atoms with Crippen molar-refractivity contribution >= 4 is 16.7 Å². The Morgan fingerprint density at radius 1 is 1.36 bits per heavy atom. The van der Waals surface area contributed by atoms with Crippen molar-refractivity contribution in [3.63, 3.8) is 0 Å². The number of ketones is 1. The van der Waals surface area contributed by atoms with Crippen molar-refractivity contribution in [3.8, 4) is 11.5 Å². The largest absolute Gasteiger partial charge is 0.493 e. The molecule has 4 heterocycles. The molecule has 184 valence electrons. The fraction of sp³-hybridized carbons (Fsp3) is 0.414. The number of Topliss-reactive ketones (excluding diaryl/α,β-unsaturated/α-hetero) is 1. The maximum atomic E-state index is 14.8. The van der Waals surface area contributed by atoms with E-state index in [4.69, 9.17) is 9.47 Å². The van der Waals surface area contributed by atoms with Crippen LogP contribution in [-0.2, 0) is 18.4 Å². The zero-order valence-electron chi connectivity index (χ0n) is 20.3. The number of hydrogen-bond donors (Lipinski definition) is 1. The Bertz CT molecular complexity index is 1560. The van der Waals surface area contributed by atoms with Crippen LogP contribution in [0.2, 0.25) is 0 Å². The maximum absolute atomic E-state index is 14.8. The lowest BCUT2D eigenvalue weighted by atomic mass is 9.58. The Balaban J connectivity index is 1.46. The van der Waals surface area contributed by atoms with Gasteiger partial charge in [-0.15, -0.1) is 6.58 Å². The van der Waals surface area contributed by atoms with Crippen molar-refractivity contribution in [2.45, 2.75) is 61.9 Å². The molecule has 1 saturated carbocycles. The molecular formula is C29H27FN2O4. The molecule has 2 fully saturated rings. The van der Waals surface area contributed by atoms with Crippen LogP contribution in [0.5, 0.6) is 11.5 Å². The molecule has 6 nitrogen and oxygen atoms in total. The molecule has 6 atom stereocenters. The highest BCUT2D eigenvalue weighted by atomic mass is 19.1. The second-order valence-electron chi connectivity index (χ2n) is 11.1. The van der Waals surface area contributed by atoms with Gasteiger partial charge >= 0.3 is 0 Å². The molecule has 8 rings (SSSR count). The maximum Gasteiger partial charge on any atom is 0.166 e. The highest BCUT2D eigenvalue weighted by molar-refractivity contribution is 6.09. The Labute approximate surface area is 207 Å². The molecule has 1 aromatic heterocycles. The Kier molecular flexibility index (Phi) is 3.72. The van der Waals surface area contributed by atoms with Gasteiger partial charge in [-0.25, -0.2) is 4.39 Å². The fourth-order valence-corrected chi connectivity index (χ4v) is 8.46. The van der Waals surface area contributed by atoms with E-state index in [9.17, 15) is 14.3 Å². The van der Waals surface area contributed by atoms with E-state index in [1.165, 1.54) is 12.1 Å². The highest BCUT2D eigenvalue weighted by Gasteiger charge is 2.81. The molecule has 1 N–H and O–H groups in total. The van der Waals surface area contributed by atoms with Gasteiger partial charge in [-0.1, -0.05) is 12.1 Å².